The first kappa shape index (κ1) is 15.2. The first-order chi connectivity index (χ1) is 10.9. The molecule has 2 heterocycles. The van der Waals surface area contributed by atoms with E-state index in [-0.39, 0.29) is 0 Å². The molecule has 0 aliphatic rings. The molecule has 0 saturated heterocycles. The van der Waals surface area contributed by atoms with E-state index in [2.05, 4.69) is 21.1 Å². The van der Waals surface area contributed by atoms with Crippen LogP contribution in [0.2, 0.25) is 0 Å². The minimum Gasteiger partial charge on any atom is -0.439 e. The monoisotopic (exact) mass is 308 g/mol. The van der Waals surface area contributed by atoms with E-state index in [9.17, 15) is 0 Å². The minimum absolute atomic E-state index is 0.522. The third-order valence-electron chi connectivity index (χ3n) is 3.59. The number of ether oxygens (including phenoxy) is 1. The summed E-state index contributed by atoms with van der Waals surface area (Å²) in [6, 6.07) is 9.95. The van der Waals surface area contributed by atoms with E-state index in [1.165, 1.54) is 0 Å². The van der Waals surface area contributed by atoms with Crippen molar-refractivity contribution in [3.8, 4) is 17.4 Å². The Labute approximate surface area is 136 Å². The van der Waals surface area contributed by atoms with Crippen LogP contribution in [-0.4, -0.2) is 19.7 Å². The molecule has 3 rings (SSSR count). The van der Waals surface area contributed by atoms with E-state index in [4.69, 9.17) is 4.74 Å². The molecule has 0 amide bonds. The molecule has 0 aliphatic heterocycles. The third-order valence-corrected chi connectivity index (χ3v) is 3.59. The number of hydrogen-bond acceptors (Lipinski definition) is 4. The Morgan fingerprint density at radius 2 is 1.70 bits per heavy atom. The van der Waals surface area contributed by atoms with Crippen LogP contribution in [0.4, 0.5) is 0 Å². The van der Waals surface area contributed by atoms with Gasteiger partial charge in [-0.05, 0) is 57.9 Å². The van der Waals surface area contributed by atoms with Crippen molar-refractivity contribution >= 4 is 0 Å². The predicted octanol–water partition coefficient (Wildman–Crippen LogP) is 4.00. The Morgan fingerprint density at radius 1 is 0.913 bits per heavy atom. The molecular weight excluding hydrogens is 288 g/mol. The molecule has 0 N–H and O–H groups in total. The number of benzene rings is 1. The quantitative estimate of drug-likeness (QED) is 0.734. The second kappa shape index (κ2) is 5.83. The molecule has 2 aromatic heterocycles. The molecule has 1 aromatic carbocycles. The molecule has 0 fully saturated rings. The molecular formula is C18H20N4O. The average Bonchev–Trinajstić information content (AvgIpc) is 2.81. The van der Waals surface area contributed by atoms with Gasteiger partial charge in [0.05, 0.1) is 5.69 Å². The molecule has 3 aromatic rings. The fourth-order valence-corrected chi connectivity index (χ4v) is 2.48. The summed E-state index contributed by atoms with van der Waals surface area (Å²) in [4.78, 5) is 8.86. The highest BCUT2D eigenvalue weighted by Crippen LogP contribution is 2.26. The largest absolute Gasteiger partial charge is 0.439 e. The smallest absolute Gasteiger partial charge is 0.224 e. The van der Waals surface area contributed by atoms with Gasteiger partial charge < -0.3 is 4.74 Å². The van der Waals surface area contributed by atoms with Crippen LogP contribution in [0.25, 0.3) is 5.82 Å². The Kier molecular flexibility index (Phi) is 3.86. The predicted molar refractivity (Wildman–Crippen MR) is 89.4 cm³/mol. The van der Waals surface area contributed by atoms with Crippen molar-refractivity contribution in [1.82, 2.24) is 19.7 Å². The lowest BCUT2D eigenvalue weighted by atomic mass is 10.1. The molecule has 0 unspecified atom stereocenters. The summed E-state index contributed by atoms with van der Waals surface area (Å²) in [5.74, 6) is 2.69. The molecule has 0 saturated carbocycles. The van der Waals surface area contributed by atoms with Crippen LogP contribution >= 0.6 is 0 Å². The summed E-state index contributed by atoms with van der Waals surface area (Å²) in [5, 5.41) is 4.47. The number of nitrogens with zero attached hydrogens (tertiary/aromatic N) is 4. The lowest BCUT2D eigenvalue weighted by Crippen LogP contribution is -2.05. The zero-order valence-corrected chi connectivity index (χ0v) is 14.1. The summed E-state index contributed by atoms with van der Waals surface area (Å²) in [7, 11) is 0. The van der Waals surface area contributed by atoms with E-state index in [0.717, 1.165) is 28.3 Å². The van der Waals surface area contributed by atoms with Crippen LogP contribution in [0.1, 0.15) is 28.3 Å². The van der Waals surface area contributed by atoms with Gasteiger partial charge in [-0.1, -0.05) is 12.1 Å². The van der Waals surface area contributed by atoms with Gasteiger partial charge in [0.2, 0.25) is 5.88 Å². The van der Waals surface area contributed by atoms with Gasteiger partial charge in [0.25, 0.3) is 0 Å². The normalized spacial score (nSPS) is 10.8. The first-order valence-electron chi connectivity index (χ1n) is 7.57. The second-order valence-electron chi connectivity index (χ2n) is 5.82. The highest BCUT2D eigenvalue weighted by atomic mass is 16.5. The number of hydrogen-bond donors (Lipinski definition) is 0. The SMILES string of the molecule is Cc1ccc(C)c(Oc2cc(-n3nc(C)cc3C)nc(C)n2)c1. The molecule has 5 heteroatoms. The molecule has 0 spiro atoms. The van der Waals surface area contributed by atoms with E-state index in [1.54, 1.807) is 4.68 Å². The van der Waals surface area contributed by atoms with Crippen molar-refractivity contribution in [2.75, 3.05) is 0 Å². The van der Waals surface area contributed by atoms with Gasteiger partial charge in [0.1, 0.15) is 11.6 Å². The average molecular weight is 308 g/mol. The summed E-state index contributed by atoms with van der Waals surface area (Å²) >= 11 is 0. The standard InChI is InChI=1S/C18H20N4O/c1-11-6-7-12(2)16(8-11)23-18-10-17(19-15(5)20-18)22-14(4)9-13(3)21-22/h6-10H,1-5H3. The maximum atomic E-state index is 5.99. The van der Waals surface area contributed by atoms with Crippen molar-refractivity contribution < 1.29 is 4.74 Å². The Bertz CT molecular complexity index is 867. The fourth-order valence-electron chi connectivity index (χ4n) is 2.48. The van der Waals surface area contributed by atoms with Crippen molar-refractivity contribution in [2.24, 2.45) is 0 Å². The topological polar surface area (TPSA) is 52.8 Å². The van der Waals surface area contributed by atoms with Crippen LogP contribution in [0.5, 0.6) is 11.6 Å². The Morgan fingerprint density at radius 3 is 2.39 bits per heavy atom. The van der Waals surface area contributed by atoms with E-state index >= 15 is 0 Å². The van der Waals surface area contributed by atoms with Crippen molar-refractivity contribution in [2.45, 2.75) is 34.6 Å². The van der Waals surface area contributed by atoms with Gasteiger partial charge in [-0.3, -0.25) is 0 Å². The molecule has 23 heavy (non-hydrogen) atoms. The Hall–Kier alpha value is -2.69. The van der Waals surface area contributed by atoms with Gasteiger partial charge in [-0.2, -0.15) is 10.1 Å². The van der Waals surface area contributed by atoms with E-state index in [0.29, 0.717) is 17.5 Å². The van der Waals surface area contributed by atoms with Gasteiger partial charge in [-0.15, -0.1) is 0 Å². The molecule has 0 radical (unpaired) electrons. The highest BCUT2D eigenvalue weighted by Gasteiger charge is 2.10. The minimum atomic E-state index is 0.522. The molecule has 0 bridgehead atoms. The maximum Gasteiger partial charge on any atom is 0.224 e. The van der Waals surface area contributed by atoms with E-state index < -0.39 is 0 Å². The van der Waals surface area contributed by atoms with Gasteiger partial charge in [0.15, 0.2) is 5.82 Å². The van der Waals surface area contributed by atoms with Crippen LogP contribution in [0.15, 0.2) is 30.3 Å². The summed E-state index contributed by atoms with van der Waals surface area (Å²) in [6.45, 7) is 9.88. The van der Waals surface area contributed by atoms with Crippen LogP contribution in [0.3, 0.4) is 0 Å². The van der Waals surface area contributed by atoms with Gasteiger partial charge in [-0.25, -0.2) is 9.67 Å². The first-order valence-corrected chi connectivity index (χ1v) is 7.57. The molecule has 0 aliphatic carbocycles. The lowest BCUT2D eigenvalue weighted by molar-refractivity contribution is 0.455. The molecule has 118 valence electrons. The number of rotatable bonds is 3. The van der Waals surface area contributed by atoms with Crippen LogP contribution in [-0.2, 0) is 0 Å². The van der Waals surface area contributed by atoms with Gasteiger partial charge >= 0.3 is 0 Å². The zero-order chi connectivity index (χ0) is 16.6. The molecule has 0 atom stereocenters. The maximum absolute atomic E-state index is 5.99. The Balaban J connectivity index is 2.01. The number of aryl methyl sites for hydroxylation is 5. The second-order valence-corrected chi connectivity index (χ2v) is 5.82. The van der Waals surface area contributed by atoms with Gasteiger partial charge in [0, 0.05) is 11.8 Å². The fraction of sp³-hybridized carbons (Fsp3) is 0.278. The van der Waals surface area contributed by atoms with Crippen LogP contribution in [0, 0.1) is 34.6 Å². The van der Waals surface area contributed by atoms with Crippen molar-refractivity contribution in [3.05, 3.63) is 58.7 Å². The summed E-state index contributed by atoms with van der Waals surface area (Å²) in [5.41, 5.74) is 4.20. The van der Waals surface area contributed by atoms with Crippen molar-refractivity contribution in [1.29, 1.82) is 0 Å². The number of aromatic nitrogens is 4. The summed E-state index contributed by atoms with van der Waals surface area (Å²) < 4.78 is 7.79. The zero-order valence-electron chi connectivity index (χ0n) is 14.1. The highest BCUT2D eigenvalue weighted by molar-refractivity contribution is 5.40. The van der Waals surface area contributed by atoms with E-state index in [1.807, 2.05) is 58.9 Å². The van der Waals surface area contributed by atoms with Crippen molar-refractivity contribution in [3.63, 3.8) is 0 Å². The van der Waals surface area contributed by atoms with Crippen LogP contribution < -0.4 is 4.74 Å². The third kappa shape index (κ3) is 3.23. The lowest BCUT2D eigenvalue weighted by Gasteiger charge is -2.11. The summed E-state index contributed by atoms with van der Waals surface area (Å²) in [6.07, 6.45) is 0. The molecule has 5 nitrogen and oxygen atoms in total.